The summed E-state index contributed by atoms with van der Waals surface area (Å²) < 4.78 is 5.00. The van der Waals surface area contributed by atoms with Crippen molar-refractivity contribution < 1.29 is 9.53 Å². The predicted molar refractivity (Wildman–Crippen MR) is 83.1 cm³/mol. The second-order valence-electron chi connectivity index (χ2n) is 5.16. The molecular weight excluding hydrogens is 262 g/mol. The SMILES string of the molecule is C=C(CCc1ccccc1)Nc1ccc2c(c1)C(=O)OC2. The quantitative estimate of drug-likeness (QED) is 0.843. The Balaban J connectivity index is 1.60. The van der Waals surface area contributed by atoms with Gasteiger partial charge < -0.3 is 10.1 Å². The van der Waals surface area contributed by atoms with Crippen LogP contribution in [-0.4, -0.2) is 5.97 Å². The highest BCUT2D eigenvalue weighted by Gasteiger charge is 2.20. The lowest BCUT2D eigenvalue weighted by Crippen LogP contribution is -2.01. The monoisotopic (exact) mass is 279 g/mol. The number of nitrogens with one attached hydrogen (secondary N) is 1. The van der Waals surface area contributed by atoms with Gasteiger partial charge in [-0.3, -0.25) is 0 Å². The van der Waals surface area contributed by atoms with Crippen LogP contribution in [0.1, 0.15) is 27.9 Å². The maximum atomic E-state index is 11.5. The van der Waals surface area contributed by atoms with Gasteiger partial charge in [0.05, 0.1) is 5.56 Å². The summed E-state index contributed by atoms with van der Waals surface area (Å²) in [5.41, 5.74) is 4.70. The smallest absolute Gasteiger partial charge is 0.338 e. The van der Waals surface area contributed by atoms with E-state index in [1.807, 2.05) is 36.4 Å². The van der Waals surface area contributed by atoms with Crippen LogP contribution in [0.25, 0.3) is 0 Å². The van der Waals surface area contributed by atoms with Crippen molar-refractivity contribution in [3.8, 4) is 0 Å². The third-order valence-electron chi connectivity index (χ3n) is 3.57. The fraction of sp³-hybridized carbons (Fsp3) is 0.167. The number of carbonyl (C=O) groups is 1. The Hall–Kier alpha value is -2.55. The molecule has 2 aromatic rings. The Labute approximate surface area is 124 Å². The number of hydrogen-bond acceptors (Lipinski definition) is 3. The number of hydrogen-bond donors (Lipinski definition) is 1. The number of fused-ring (bicyclic) bond motifs is 1. The molecule has 0 radical (unpaired) electrons. The van der Waals surface area contributed by atoms with E-state index in [0.29, 0.717) is 12.2 Å². The molecule has 0 amide bonds. The van der Waals surface area contributed by atoms with Gasteiger partial charge in [-0.1, -0.05) is 43.0 Å². The van der Waals surface area contributed by atoms with E-state index in [0.717, 1.165) is 29.8 Å². The highest BCUT2D eigenvalue weighted by atomic mass is 16.5. The molecule has 1 aliphatic rings. The second kappa shape index (κ2) is 5.83. The van der Waals surface area contributed by atoms with Gasteiger partial charge in [-0.15, -0.1) is 0 Å². The summed E-state index contributed by atoms with van der Waals surface area (Å²) in [4.78, 5) is 11.5. The van der Waals surface area contributed by atoms with E-state index in [1.165, 1.54) is 5.56 Å². The van der Waals surface area contributed by atoms with Crippen molar-refractivity contribution in [2.75, 3.05) is 5.32 Å². The van der Waals surface area contributed by atoms with Crippen molar-refractivity contribution in [2.24, 2.45) is 0 Å². The van der Waals surface area contributed by atoms with Crippen LogP contribution in [0.15, 0.2) is 60.8 Å². The van der Waals surface area contributed by atoms with Gasteiger partial charge >= 0.3 is 5.97 Å². The number of benzene rings is 2. The van der Waals surface area contributed by atoms with Crippen LogP contribution in [0.3, 0.4) is 0 Å². The molecule has 3 rings (SSSR count). The number of esters is 1. The van der Waals surface area contributed by atoms with E-state index in [-0.39, 0.29) is 5.97 Å². The summed E-state index contributed by atoms with van der Waals surface area (Å²) in [6.07, 6.45) is 1.80. The number of aryl methyl sites for hydroxylation is 1. The Bertz CT molecular complexity index is 677. The van der Waals surface area contributed by atoms with Crippen LogP contribution in [-0.2, 0) is 17.8 Å². The summed E-state index contributed by atoms with van der Waals surface area (Å²) in [7, 11) is 0. The van der Waals surface area contributed by atoms with Crippen molar-refractivity contribution in [1.82, 2.24) is 0 Å². The van der Waals surface area contributed by atoms with Gasteiger partial charge in [0.2, 0.25) is 0 Å². The summed E-state index contributed by atoms with van der Waals surface area (Å²) in [6, 6.07) is 16.0. The molecule has 0 bridgehead atoms. The van der Waals surface area contributed by atoms with Crippen LogP contribution in [0.4, 0.5) is 5.69 Å². The van der Waals surface area contributed by atoms with Gasteiger partial charge in [-0.05, 0) is 30.5 Å². The fourth-order valence-electron chi connectivity index (χ4n) is 2.40. The first kappa shape index (κ1) is 13.4. The maximum Gasteiger partial charge on any atom is 0.338 e. The molecule has 106 valence electrons. The zero-order valence-corrected chi connectivity index (χ0v) is 11.8. The van der Waals surface area contributed by atoms with Gasteiger partial charge in [0.1, 0.15) is 6.61 Å². The van der Waals surface area contributed by atoms with Crippen LogP contribution in [0, 0.1) is 0 Å². The van der Waals surface area contributed by atoms with Crippen molar-refractivity contribution in [2.45, 2.75) is 19.4 Å². The largest absolute Gasteiger partial charge is 0.457 e. The standard InChI is InChI=1S/C18H17NO2/c1-13(7-8-14-5-3-2-4-6-14)19-16-10-9-15-12-21-18(20)17(15)11-16/h2-6,9-11,19H,1,7-8,12H2. The Morgan fingerprint density at radius 2 is 2.00 bits per heavy atom. The fourth-order valence-corrected chi connectivity index (χ4v) is 2.40. The topological polar surface area (TPSA) is 38.3 Å². The molecule has 21 heavy (non-hydrogen) atoms. The van der Waals surface area contributed by atoms with E-state index in [4.69, 9.17) is 4.74 Å². The first-order valence-electron chi connectivity index (χ1n) is 7.01. The van der Waals surface area contributed by atoms with Gasteiger partial charge in [-0.25, -0.2) is 4.79 Å². The molecule has 0 atom stereocenters. The first-order chi connectivity index (χ1) is 10.2. The highest BCUT2D eigenvalue weighted by molar-refractivity contribution is 5.94. The lowest BCUT2D eigenvalue weighted by molar-refractivity contribution is 0.0535. The number of ether oxygens (including phenoxy) is 1. The minimum Gasteiger partial charge on any atom is -0.457 e. The third-order valence-corrected chi connectivity index (χ3v) is 3.57. The third kappa shape index (κ3) is 3.14. The van der Waals surface area contributed by atoms with Crippen LogP contribution < -0.4 is 5.32 Å². The molecule has 2 aromatic carbocycles. The zero-order chi connectivity index (χ0) is 14.7. The number of rotatable bonds is 5. The normalized spacial score (nSPS) is 12.7. The van der Waals surface area contributed by atoms with Crippen molar-refractivity contribution in [3.63, 3.8) is 0 Å². The van der Waals surface area contributed by atoms with Crippen LogP contribution >= 0.6 is 0 Å². The molecular formula is C18H17NO2. The van der Waals surface area contributed by atoms with Gasteiger partial charge in [0, 0.05) is 16.9 Å². The molecule has 1 N–H and O–H groups in total. The Morgan fingerprint density at radius 3 is 2.81 bits per heavy atom. The van der Waals surface area contributed by atoms with E-state index in [2.05, 4.69) is 24.0 Å². The summed E-state index contributed by atoms with van der Waals surface area (Å²) in [5, 5.41) is 3.26. The Morgan fingerprint density at radius 1 is 1.19 bits per heavy atom. The van der Waals surface area contributed by atoms with E-state index in [1.54, 1.807) is 0 Å². The molecule has 0 aliphatic carbocycles. The predicted octanol–water partition coefficient (Wildman–Crippen LogP) is 3.92. The minimum atomic E-state index is -0.247. The molecule has 0 fully saturated rings. The minimum absolute atomic E-state index is 0.247. The van der Waals surface area contributed by atoms with Crippen molar-refractivity contribution in [1.29, 1.82) is 0 Å². The number of carbonyl (C=O) groups excluding carboxylic acids is 1. The Kier molecular flexibility index (Phi) is 3.73. The van der Waals surface area contributed by atoms with Crippen molar-refractivity contribution in [3.05, 3.63) is 77.5 Å². The van der Waals surface area contributed by atoms with Crippen LogP contribution in [0.5, 0.6) is 0 Å². The van der Waals surface area contributed by atoms with Gasteiger partial charge in [0.15, 0.2) is 0 Å². The molecule has 3 nitrogen and oxygen atoms in total. The van der Waals surface area contributed by atoms with E-state index in [9.17, 15) is 4.79 Å². The summed E-state index contributed by atoms with van der Waals surface area (Å²) >= 11 is 0. The molecule has 3 heteroatoms. The maximum absolute atomic E-state index is 11.5. The lowest BCUT2D eigenvalue weighted by atomic mass is 10.1. The molecule has 0 spiro atoms. The average molecular weight is 279 g/mol. The summed E-state index contributed by atoms with van der Waals surface area (Å²) in [6.45, 7) is 4.43. The zero-order valence-electron chi connectivity index (χ0n) is 11.8. The number of anilines is 1. The number of cyclic esters (lactones) is 1. The summed E-state index contributed by atoms with van der Waals surface area (Å²) in [5.74, 6) is -0.247. The second-order valence-corrected chi connectivity index (χ2v) is 5.16. The highest BCUT2D eigenvalue weighted by Crippen LogP contribution is 2.24. The first-order valence-corrected chi connectivity index (χ1v) is 7.01. The average Bonchev–Trinajstić information content (AvgIpc) is 2.87. The van der Waals surface area contributed by atoms with Gasteiger partial charge in [-0.2, -0.15) is 0 Å². The van der Waals surface area contributed by atoms with Crippen molar-refractivity contribution >= 4 is 11.7 Å². The molecule has 1 heterocycles. The molecule has 0 saturated carbocycles. The molecule has 1 aliphatic heterocycles. The van der Waals surface area contributed by atoms with E-state index >= 15 is 0 Å². The molecule has 0 aromatic heterocycles. The van der Waals surface area contributed by atoms with Gasteiger partial charge in [0.25, 0.3) is 0 Å². The number of allylic oxidation sites excluding steroid dienone is 1. The lowest BCUT2D eigenvalue weighted by Gasteiger charge is -2.10. The van der Waals surface area contributed by atoms with E-state index < -0.39 is 0 Å². The van der Waals surface area contributed by atoms with Crippen LogP contribution in [0.2, 0.25) is 0 Å². The molecule has 0 saturated heterocycles. The molecule has 0 unspecified atom stereocenters.